The molecule has 4 nitrogen and oxygen atoms in total. The SMILES string of the molecule is CN(CC1CC1)S(=O)(=O)c1cccc(C#N)c1. The maximum atomic E-state index is 12.2. The fourth-order valence-corrected chi connectivity index (χ4v) is 2.96. The first-order valence-corrected chi connectivity index (χ1v) is 6.94. The van der Waals surface area contributed by atoms with Gasteiger partial charge in [0, 0.05) is 13.6 Å². The van der Waals surface area contributed by atoms with Crippen LogP contribution >= 0.6 is 0 Å². The Bertz CT molecular complexity index is 556. The van der Waals surface area contributed by atoms with Crippen LogP contribution in [0, 0.1) is 17.2 Å². The average Bonchev–Trinajstić information content (AvgIpc) is 3.13. The molecule has 0 unspecified atom stereocenters. The van der Waals surface area contributed by atoms with E-state index in [-0.39, 0.29) is 4.90 Å². The van der Waals surface area contributed by atoms with Gasteiger partial charge in [0.2, 0.25) is 10.0 Å². The van der Waals surface area contributed by atoms with Gasteiger partial charge in [-0.05, 0) is 37.0 Å². The van der Waals surface area contributed by atoms with Crippen LogP contribution in [-0.2, 0) is 10.0 Å². The molecule has 1 fully saturated rings. The summed E-state index contributed by atoms with van der Waals surface area (Å²) in [5.41, 5.74) is 0.367. The van der Waals surface area contributed by atoms with Crippen molar-refractivity contribution in [1.29, 1.82) is 5.26 Å². The van der Waals surface area contributed by atoms with Crippen LogP contribution in [0.5, 0.6) is 0 Å². The van der Waals surface area contributed by atoms with Gasteiger partial charge in [-0.2, -0.15) is 5.26 Å². The van der Waals surface area contributed by atoms with Gasteiger partial charge < -0.3 is 0 Å². The molecule has 17 heavy (non-hydrogen) atoms. The molecule has 0 heterocycles. The summed E-state index contributed by atoms with van der Waals surface area (Å²) >= 11 is 0. The Morgan fingerprint density at radius 1 is 1.47 bits per heavy atom. The number of nitriles is 1. The molecule has 1 aliphatic carbocycles. The van der Waals surface area contributed by atoms with Crippen molar-refractivity contribution in [2.24, 2.45) is 5.92 Å². The van der Waals surface area contributed by atoms with Crippen LogP contribution in [0.1, 0.15) is 18.4 Å². The van der Waals surface area contributed by atoms with E-state index >= 15 is 0 Å². The zero-order valence-corrected chi connectivity index (χ0v) is 10.4. The summed E-state index contributed by atoms with van der Waals surface area (Å²) in [6, 6.07) is 8.08. The Morgan fingerprint density at radius 2 is 2.18 bits per heavy atom. The Hall–Kier alpha value is -1.38. The van der Waals surface area contributed by atoms with E-state index in [0.717, 1.165) is 12.8 Å². The first-order chi connectivity index (χ1) is 8.04. The quantitative estimate of drug-likeness (QED) is 0.815. The monoisotopic (exact) mass is 250 g/mol. The van der Waals surface area contributed by atoms with Crippen LogP contribution < -0.4 is 0 Å². The lowest BCUT2D eigenvalue weighted by molar-refractivity contribution is 0.453. The molecule has 1 saturated carbocycles. The van der Waals surface area contributed by atoms with Crippen molar-refractivity contribution in [3.8, 4) is 6.07 Å². The Labute approximate surface area is 102 Å². The summed E-state index contributed by atoms with van der Waals surface area (Å²) < 4.78 is 25.7. The largest absolute Gasteiger partial charge is 0.242 e. The molecule has 0 atom stereocenters. The molecule has 90 valence electrons. The highest BCUT2D eigenvalue weighted by Crippen LogP contribution is 2.31. The van der Waals surface area contributed by atoms with E-state index in [9.17, 15) is 8.42 Å². The van der Waals surface area contributed by atoms with Crippen molar-refractivity contribution >= 4 is 10.0 Å². The van der Waals surface area contributed by atoms with E-state index in [0.29, 0.717) is 18.0 Å². The van der Waals surface area contributed by atoms with Crippen molar-refractivity contribution in [2.75, 3.05) is 13.6 Å². The molecule has 5 heteroatoms. The van der Waals surface area contributed by atoms with Crippen molar-refractivity contribution in [1.82, 2.24) is 4.31 Å². The molecule has 2 rings (SSSR count). The van der Waals surface area contributed by atoms with Crippen LogP contribution in [0.3, 0.4) is 0 Å². The molecule has 0 saturated heterocycles. The van der Waals surface area contributed by atoms with Gasteiger partial charge in [-0.25, -0.2) is 12.7 Å². The fourth-order valence-electron chi connectivity index (χ4n) is 1.67. The Morgan fingerprint density at radius 3 is 2.76 bits per heavy atom. The molecule has 1 aliphatic rings. The average molecular weight is 250 g/mol. The van der Waals surface area contributed by atoms with Crippen LogP contribution in [0.2, 0.25) is 0 Å². The maximum absolute atomic E-state index is 12.2. The molecular formula is C12H14N2O2S. The van der Waals surface area contributed by atoms with Gasteiger partial charge in [0.1, 0.15) is 0 Å². The fraction of sp³-hybridized carbons (Fsp3) is 0.417. The second-order valence-corrected chi connectivity index (χ2v) is 6.41. The predicted octanol–water partition coefficient (Wildman–Crippen LogP) is 1.59. The smallest absolute Gasteiger partial charge is 0.207 e. The van der Waals surface area contributed by atoms with Gasteiger partial charge in [0.25, 0.3) is 0 Å². The molecule has 1 aromatic carbocycles. The lowest BCUT2D eigenvalue weighted by atomic mass is 10.2. The summed E-state index contributed by atoms with van der Waals surface area (Å²) in [7, 11) is -1.85. The van der Waals surface area contributed by atoms with E-state index in [1.165, 1.54) is 16.4 Å². The summed E-state index contributed by atoms with van der Waals surface area (Å²) in [4.78, 5) is 0.194. The topological polar surface area (TPSA) is 61.2 Å². The predicted molar refractivity (Wildman–Crippen MR) is 63.7 cm³/mol. The molecule has 0 radical (unpaired) electrons. The second kappa shape index (κ2) is 4.47. The third kappa shape index (κ3) is 2.65. The maximum Gasteiger partial charge on any atom is 0.242 e. The minimum absolute atomic E-state index is 0.194. The highest BCUT2D eigenvalue weighted by Gasteiger charge is 2.29. The first-order valence-electron chi connectivity index (χ1n) is 5.50. The van der Waals surface area contributed by atoms with Crippen molar-refractivity contribution in [3.05, 3.63) is 29.8 Å². The summed E-state index contributed by atoms with van der Waals surface area (Å²) in [5, 5.41) is 8.76. The molecule has 1 aromatic rings. The van der Waals surface area contributed by atoms with Gasteiger partial charge in [0.05, 0.1) is 16.5 Å². The van der Waals surface area contributed by atoms with Gasteiger partial charge in [-0.15, -0.1) is 0 Å². The van der Waals surface area contributed by atoms with Gasteiger partial charge in [0.15, 0.2) is 0 Å². The summed E-state index contributed by atoms with van der Waals surface area (Å²) in [6.45, 7) is 0.569. The molecular weight excluding hydrogens is 236 g/mol. The molecule has 0 N–H and O–H groups in total. The third-order valence-corrected chi connectivity index (χ3v) is 4.70. The summed E-state index contributed by atoms with van der Waals surface area (Å²) in [6.07, 6.45) is 2.22. The molecule has 0 aromatic heterocycles. The van der Waals surface area contributed by atoms with Gasteiger partial charge >= 0.3 is 0 Å². The molecule has 0 bridgehead atoms. The molecule has 0 amide bonds. The number of sulfonamides is 1. The number of benzene rings is 1. The van der Waals surface area contributed by atoms with Crippen molar-refractivity contribution in [2.45, 2.75) is 17.7 Å². The number of rotatable bonds is 4. The highest BCUT2D eigenvalue weighted by atomic mass is 32.2. The molecule has 0 aliphatic heterocycles. The number of nitrogens with zero attached hydrogens (tertiary/aromatic N) is 2. The van der Waals surface area contributed by atoms with Crippen LogP contribution in [0.15, 0.2) is 29.2 Å². The van der Waals surface area contributed by atoms with Gasteiger partial charge in [-0.3, -0.25) is 0 Å². The van der Waals surface area contributed by atoms with E-state index in [1.807, 2.05) is 6.07 Å². The van der Waals surface area contributed by atoms with Crippen LogP contribution in [0.4, 0.5) is 0 Å². The highest BCUT2D eigenvalue weighted by molar-refractivity contribution is 7.89. The van der Waals surface area contributed by atoms with E-state index in [4.69, 9.17) is 5.26 Å². The lowest BCUT2D eigenvalue weighted by Crippen LogP contribution is -2.28. The lowest BCUT2D eigenvalue weighted by Gasteiger charge is -2.16. The van der Waals surface area contributed by atoms with E-state index < -0.39 is 10.0 Å². The zero-order chi connectivity index (χ0) is 12.5. The zero-order valence-electron chi connectivity index (χ0n) is 9.63. The summed E-state index contributed by atoms with van der Waals surface area (Å²) in [5.74, 6) is 0.508. The number of hydrogen-bond donors (Lipinski definition) is 0. The van der Waals surface area contributed by atoms with Crippen molar-refractivity contribution in [3.63, 3.8) is 0 Å². The van der Waals surface area contributed by atoms with Crippen LogP contribution in [0.25, 0.3) is 0 Å². The van der Waals surface area contributed by atoms with Crippen molar-refractivity contribution < 1.29 is 8.42 Å². The standard InChI is InChI=1S/C12H14N2O2S/c1-14(9-10-5-6-10)17(15,16)12-4-2-3-11(7-12)8-13/h2-4,7,10H,5-6,9H2,1H3. The van der Waals surface area contributed by atoms with Gasteiger partial charge in [-0.1, -0.05) is 6.07 Å². The Kier molecular flexibility index (Phi) is 3.18. The Balaban J connectivity index is 2.26. The second-order valence-electron chi connectivity index (χ2n) is 4.37. The molecule has 0 spiro atoms. The van der Waals surface area contributed by atoms with E-state index in [1.54, 1.807) is 19.2 Å². The number of hydrogen-bond acceptors (Lipinski definition) is 3. The third-order valence-electron chi connectivity index (χ3n) is 2.88. The normalized spacial score (nSPS) is 15.8. The minimum Gasteiger partial charge on any atom is -0.207 e. The van der Waals surface area contributed by atoms with Crippen LogP contribution in [-0.4, -0.2) is 26.3 Å². The van der Waals surface area contributed by atoms with E-state index in [2.05, 4.69) is 0 Å². The first kappa shape index (κ1) is 12.1. The minimum atomic E-state index is -3.44.